The maximum absolute atomic E-state index is 12.8. The van der Waals surface area contributed by atoms with Gasteiger partial charge in [0.1, 0.15) is 5.82 Å². The number of benzene rings is 1. The molecular formula is C21H30N4O2. The zero-order valence-corrected chi connectivity index (χ0v) is 16.2. The first-order chi connectivity index (χ1) is 13.0. The van der Waals surface area contributed by atoms with Crippen LogP contribution in [0.2, 0.25) is 0 Å². The molecule has 146 valence electrons. The molecule has 1 atom stereocenters. The maximum atomic E-state index is 12.8. The van der Waals surface area contributed by atoms with Gasteiger partial charge in [0.25, 0.3) is 0 Å². The molecule has 0 radical (unpaired) electrons. The van der Waals surface area contributed by atoms with Gasteiger partial charge in [-0.3, -0.25) is 4.79 Å². The molecule has 0 bridgehead atoms. The highest BCUT2D eigenvalue weighted by atomic mass is 16.3. The quantitative estimate of drug-likeness (QED) is 0.876. The van der Waals surface area contributed by atoms with Gasteiger partial charge in [0.15, 0.2) is 0 Å². The Bertz CT molecular complexity index is 812. The van der Waals surface area contributed by atoms with E-state index in [4.69, 9.17) is 0 Å². The first-order valence-electron chi connectivity index (χ1n) is 10.2. The second-order valence-corrected chi connectivity index (χ2v) is 8.18. The van der Waals surface area contributed by atoms with Gasteiger partial charge in [-0.15, -0.1) is 0 Å². The molecule has 2 fully saturated rings. The number of rotatable bonds is 5. The summed E-state index contributed by atoms with van der Waals surface area (Å²) < 4.78 is 2.12. The number of amides is 1. The lowest BCUT2D eigenvalue weighted by Gasteiger charge is -2.41. The van der Waals surface area contributed by atoms with Crippen LogP contribution in [0.15, 0.2) is 24.3 Å². The van der Waals surface area contributed by atoms with Crippen molar-refractivity contribution in [1.29, 1.82) is 0 Å². The highest BCUT2D eigenvalue weighted by Crippen LogP contribution is 2.25. The van der Waals surface area contributed by atoms with E-state index < -0.39 is 5.60 Å². The number of aryl methyl sites for hydroxylation is 2. The molecule has 0 aliphatic carbocycles. The Morgan fingerprint density at radius 2 is 1.96 bits per heavy atom. The summed E-state index contributed by atoms with van der Waals surface area (Å²) in [5.74, 6) is 1.07. The lowest BCUT2D eigenvalue weighted by molar-refractivity contribution is -0.139. The van der Waals surface area contributed by atoms with Gasteiger partial charge in [-0.1, -0.05) is 12.1 Å². The number of nitrogens with zero attached hydrogens (tertiary/aromatic N) is 4. The van der Waals surface area contributed by atoms with Crippen molar-refractivity contribution in [1.82, 2.24) is 19.4 Å². The summed E-state index contributed by atoms with van der Waals surface area (Å²) in [5, 5.41) is 11.0. The third kappa shape index (κ3) is 4.01. The number of likely N-dealkylation sites (tertiary alicyclic amines) is 2. The maximum Gasteiger partial charge on any atom is 0.224 e. The minimum absolute atomic E-state index is 0.131. The molecule has 27 heavy (non-hydrogen) atoms. The van der Waals surface area contributed by atoms with Gasteiger partial charge >= 0.3 is 0 Å². The molecular weight excluding hydrogens is 340 g/mol. The monoisotopic (exact) mass is 370 g/mol. The van der Waals surface area contributed by atoms with E-state index in [1.54, 1.807) is 0 Å². The topological polar surface area (TPSA) is 61.6 Å². The van der Waals surface area contributed by atoms with Crippen molar-refractivity contribution < 1.29 is 9.90 Å². The molecule has 0 saturated carbocycles. The lowest BCUT2D eigenvalue weighted by atomic mass is 9.92. The fourth-order valence-corrected chi connectivity index (χ4v) is 4.66. The van der Waals surface area contributed by atoms with E-state index in [9.17, 15) is 9.90 Å². The number of fused-ring (bicyclic) bond motifs is 1. The molecule has 0 unspecified atom stereocenters. The number of carbonyl (C=O) groups excluding carboxylic acids is 1. The Morgan fingerprint density at radius 1 is 1.19 bits per heavy atom. The fraction of sp³-hybridized carbons (Fsp3) is 0.619. The average molecular weight is 370 g/mol. The molecule has 2 aromatic rings. The summed E-state index contributed by atoms with van der Waals surface area (Å²) in [5.41, 5.74) is 1.29. The normalized spacial score (nSPS) is 24.0. The van der Waals surface area contributed by atoms with Crippen LogP contribution in [0.4, 0.5) is 0 Å². The van der Waals surface area contributed by atoms with Gasteiger partial charge in [-0.2, -0.15) is 0 Å². The zero-order chi connectivity index (χ0) is 18.9. The number of hydrogen-bond donors (Lipinski definition) is 1. The summed E-state index contributed by atoms with van der Waals surface area (Å²) in [6.45, 7) is 6.68. The van der Waals surface area contributed by atoms with Crippen molar-refractivity contribution in [3.8, 4) is 0 Å². The van der Waals surface area contributed by atoms with E-state index >= 15 is 0 Å². The van der Waals surface area contributed by atoms with Crippen LogP contribution in [-0.2, 0) is 11.3 Å². The van der Waals surface area contributed by atoms with E-state index in [1.165, 1.54) is 12.8 Å². The molecule has 3 heterocycles. The van der Waals surface area contributed by atoms with Gasteiger partial charge in [0, 0.05) is 26.1 Å². The predicted octanol–water partition coefficient (Wildman–Crippen LogP) is 2.18. The molecule has 4 rings (SSSR count). The van der Waals surface area contributed by atoms with Gasteiger partial charge < -0.3 is 19.5 Å². The SMILES string of the molecule is Cc1nc2ccccc2n1CCC(=O)N1CCC[C@@](O)(CN2CCCC2)C1. The van der Waals surface area contributed by atoms with Crippen LogP contribution in [0.3, 0.4) is 0 Å². The molecule has 1 aromatic heterocycles. The summed E-state index contributed by atoms with van der Waals surface area (Å²) >= 11 is 0. The Morgan fingerprint density at radius 3 is 2.78 bits per heavy atom. The van der Waals surface area contributed by atoms with Crippen LogP contribution >= 0.6 is 0 Å². The standard InChI is InChI=1S/C21H30N4O2/c1-17-22-18-7-2-3-8-19(18)25(17)14-9-20(26)24-13-6-10-21(27,16-24)15-23-11-4-5-12-23/h2-3,7-8,27H,4-6,9-16H2,1H3/t21-/m1/s1. The van der Waals surface area contributed by atoms with Crippen LogP contribution in [-0.4, -0.2) is 68.7 Å². The van der Waals surface area contributed by atoms with Gasteiger partial charge in [-0.05, 0) is 57.8 Å². The summed E-state index contributed by atoms with van der Waals surface area (Å²) in [7, 11) is 0. The Kier molecular flexibility index (Phi) is 5.19. The second kappa shape index (κ2) is 7.60. The number of imidazole rings is 1. The van der Waals surface area contributed by atoms with E-state index in [2.05, 4.69) is 20.5 Å². The summed E-state index contributed by atoms with van der Waals surface area (Å²) in [6.07, 6.45) is 4.55. The average Bonchev–Trinajstić information content (AvgIpc) is 3.26. The molecule has 2 aliphatic heterocycles. The highest BCUT2D eigenvalue weighted by molar-refractivity contribution is 5.78. The number of aromatic nitrogens is 2. The predicted molar refractivity (Wildman–Crippen MR) is 106 cm³/mol. The Labute approximate surface area is 160 Å². The van der Waals surface area contributed by atoms with E-state index in [-0.39, 0.29) is 5.91 Å². The van der Waals surface area contributed by atoms with Crippen LogP contribution in [0.1, 0.15) is 37.9 Å². The van der Waals surface area contributed by atoms with Crippen LogP contribution in [0.25, 0.3) is 11.0 Å². The van der Waals surface area contributed by atoms with E-state index in [1.807, 2.05) is 30.0 Å². The number of para-hydroxylation sites is 2. The minimum Gasteiger partial charge on any atom is -0.387 e. The van der Waals surface area contributed by atoms with Crippen LogP contribution in [0, 0.1) is 6.92 Å². The lowest BCUT2D eigenvalue weighted by Crippen LogP contribution is -2.55. The molecule has 0 spiro atoms. The molecule has 6 heteroatoms. The Hall–Kier alpha value is -1.92. The summed E-state index contributed by atoms with van der Waals surface area (Å²) in [6, 6.07) is 8.04. The molecule has 1 amide bonds. The second-order valence-electron chi connectivity index (χ2n) is 8.18. The molecule has 6 nitrogen and oxygen atoms in total. The first kappa shape index (κ1) is 18.4. The van der Waals surface area contributed by atoms with E-state index in [0.717, 1.165) is 49.3 Å². The molecule has 2 aliphatic rings. The van der Waals surface area contributed by atoms with Crippen molar-refractivity contribution in [3.63, 3.8) is 0 Å². The van der Waals surface area contributed by atoms with Crippen molar-refractivity contribution in [2.45, 2.75) is 51.2 Å². The van der Waals surface area contributed by atoms with Gasteiger partial charge in [0.05, 0.1) is 23.2 Å². The molecule has 1 aromatic carbocycles. The van der Waals surface area contributed by atoms with E-state index in [0.29, 0.717) is 26.1 Å². The van der Waals surface area contributed by atoms with Crippen molar-refractivity contribution >= 4 is 16.9 Å². The minimum atomic E-state index is -0.754. The number of carbonyl (C=O) groups is 1. The van der Waals surface area contributed by atoms with Gasteiger partial charge in [0.2, 0.25) is 5.91 Å². The largest absolute Gasteiger partial charge is 0.387 e. The highest BCUT2D eigenvalue weighted by Gasteiger charge is 2.37. The summed E-state index contributed by atoms with van der Waals surface area (Å²) in [4.78, 5) is 21.6. The number of aliphatic hydroxyl groups is 1. The van der Waals surface area contributed by atoms with Gasteiger partial charge in [-0.25, -0.2) is 4.98 Å². The number of piperidine rings is 1. The molecule has 1 N–H and O–H groups in total. The van der Waals surface area contributed by atoms with Crippen LogP contribution < -0.4 is 0 Å². The Balaban J connectivity index is 1.38. The number of β-amino-alcohol motifs (C(OH)–C–C–N with tert-alkyl or cyclic N) is 1. The fourth-order valence-electron chi connectivity index (χ4n) is 4.66. The van der Waals surface area contributed by atoms with Crippen molar-refractivity contribution in [2.75, 3.05) is 32.7 Å². The third-order valence-corrected chi connectivity index (χ3v) is 6.02. The first-order valence-corrected chi connectivity index (χ1v) is 10.2. The number of hydrogen-bond acceptors (Lipinski definition) is 4. The van der Waals surface area contributed by atoms with Crippen LogP contribution in [0.5, 0.6) is 0 Å². The van der Waals surface area contributed by atoms with Crippen molar-refractivity contribution in [3.05, 3.63) is 30.1 Å². The third-order valence-electron chi connectivity index (χ3n) is 6.02. The van der Waals surface area contributed by atoms with Crippen molar-refractivity contribution in [2.24, 2.45) is 0 Å². The zero-order valence-electron chi connectivity index (χ0n) is 16.2. The smallest absolute Gasteiger partial charge is 0.224 e. The molecule has 2 saturated heterocycles.